The lowest BCUT2D eigenvalue weighted by atomic mass is 9.68. The normalized spacial score (nSPS) is 33.6. The number of likely N-dealkylation sites (tertiary alicyclic amines) is 1. The Hall–Kier alpha value is -2.92. The largest absolute Gasteiger partial charge is 0.490 e. The van der Waals surface area contributed by atoms with Crippen molar-refractivity contribution in [1.29, 1.82) is 0 Å². The Morgan fingerprint density at radius 1 is 1.12 bits per heavy atom. The molecule has 2 fully saturated rings. The molecule has 9 nitrogen and oxygen atoms in total. The molecule has 1 saturated carbocycles. The van der Waals surface area contributed by atoms with Gasteiger partial charge in [0.2, 0.25) is 5.91 Å². The van der Waals surface area contributed by atoms with E-state index in [-0.39, 0.29) is 41.1 Å². The fourth-order valence-electron chi connectivity index (χ4n) is 8.64. The second-order valence-electron chi connectivity index (χ2n) is 14.6. The van der Waals surface area contributed by atoms with Crippen molar-refractivity contribution >= 4 is 38.8 Å². The van der Waals surface area contributed by atoms with Crippen LogP contribution in [-0.4, -0.2) is 91.1 Å². The van der Waals surface area contributed by atoms with Crippen LogP contribution in [0.5, 0.6) is 5.75 Å². The number of carbonyl (C=O) groups is 2. The number of nitrogens with zero attached hydrogens (tertiary/aromatic N) is 3. The predicted octanol–water partition coefficient (Wildman–Crippen LogP) is 6.06. The third-order valence-corrected chi connectivity index (χ3v) is 14.1. The van der Waals surface area contributed by atoms with Gasteiger partial charge in [0, 0.05) is 55.6 Å². The summed E-state index contributed by atoms with van der Waals surface area (Å²) in [5.74, 6) is 0.543. The Balaban J connectivity index is 1.26. The van der Waals surface area contributed by atoms with E-state index < -0.39 is 15.6 Å². The molecule has 3 heterocycles. The number of anilines is 1. The van der Waals surface area contributed by atoms with E-state index >= 15 is 0 Å². The number of amides is 2. The van der Waals surface area contributed by atoms with Crippen LogP contribution in [0.25, 0.3) is 0 Å². The molecule has 2 bridgehead atoms. The second kappa shape index (κ2) is 14.0. The first-order chi connectivity index (χ1) is 23.6. The van der Waals surface area contributed by atoms with Crippen LogP contribution in [0.15, 0.2) is 52.9 Å². The van der Waals surface area contributed by atoms with Gasteiger partial charge in [0.15, 0.2) is 0 Å². The number of allylic oxidation sites excluding steroid dienone is 1. The number of halogens is 1. The predicted molar refractivity (Wildman–Crippen MR) is 192 cm³/mol. The highest BCUT2D eigenvalue weighted by molar-refractivity contribution is 7.94. The number of benzene rings is 2. The first-order valence-electron chi connectivity index (χ1n) is 17.7. The molecule has 2 aromatic carbocycles. The molecule has 49 heavy (non-hydrogen) atoms. The average Bonchev–Trinajstić information content (AvgIpc) is 3.21. The molecule has 0 aromatic heterocycles. The van der Waals surface area contributed by atoms with Crippen LogP contribution in [0.4, 0.5) is 5.69 Å². The van der Waals surface area contributed by atoms with Gasteiger partial charge in [-0.1, -0.05) is 29.8 Å². The molecule has 1 saturated heterocycles. The van der Waals surface area contributed by atoms with Crippen LogP contribution in [0, 0.1) is 11.8 Å². The van der Waals surface area contributed by atoms with Gasteiger partial charge >= 0.3 is 0 Å². The topological polar surface area (TPSA) is 97.7 Å². The highest BCUT2D eigenvalue weighted by atomic mass is 35.5. The minimum Gasteiger partial charge on any atom is -0.490 e. The lowest BCUT2D eigenvalue weighted by Crippen LogP contribution is -2.62. The number of ether oxygens (including phenoxy) is 3. The molecule has 7 atom stereocenters. The number of hydrogen-bond donors (Lipinski definition) is 0. The zero-order valence-corrected chi connectivity index (χ0v) is 30.3. The Bertz CT molecular complexity index is 1760. The molecule has 0 N–H and O–H groups in total. The summed E-state index contributed by atoms with van der Waals surface area (Å²) in [7, 11) is 0.213. The number of hydrogen-bond acceptors (Lipinski definition) is 7. The van der Waals surface area contributed by atoms with E-state index in [2.05, 4.69) is 33.5 Å². The van der Waals surface area contributed by atoms with E-state index in [1.807, 2.05) is 25.1 Å². The summed E-state index contributed by atoms with van der Waals surface area (Å²) in [6, 6.07) is 11.6. The standard InChI is InChI=1S/C38H48ClN3O6S/c1-25-35(47-3)21-42(25)36(43)22-49(45)17-6-4-5-9-33(46-2)30-13-10-28(30)20-41-23-38(16-7-8-26-18-29(39)12-14-31(26)38)24-48-34-15-11-27(19-32(34)41)37(44)40-49/h5,9,11-12,14-15,18-19,25,28,30,33,35H,4,6-8,10,13,16-17,20-24H2,1-3H3/b9-5+/t25-,28-,30+,33-,35+,38-,49+/m0/s1. The Morgan fingerprint density at radius 3 is 2.73 bits per heavy atom. The van der Waals surface area contributed by atoms with Crippen molar-refractivity contribution in [3.63, 3.8) is 0 Å². The maximum atomic E-state index is 14.4. The summed E-state index contributed by atoms with van der Waals surface area (Å²) >= 11 is 6.45. The highest BCUT2D eigenvalue weighted by Crippen LogP contribution is 2.47. The zero-order valence-electron chi connectivity index (χ0n) is 28.8. The summed E-state index contributed by atoms with van der Waals surface area (Å²) < 4.78 is 36.9. The molecule has 0 unspecified atom stereocenters. The Labute approximate surface area is 295 Å². The van der Waals surface area contributed by atoms with Crippen LogP contribution >= 0.6 is 11.6 Å². The van der Waals surface area contributed by atoms with Crippen LogP contribution in [0.1, 0.15) is 66.9 Å². The van der Waals surface area contributed by atoms with E-state index in [0.29, 0.717) is 43.4 Å². The van der Waals surface area contributed by atoms with E-state index in [1.54, 1.807) is 25.2 Å². The fraction of sp³-hybridized carbons (Fsp3) is 0.579. The molecule has 7 rings (SSSR count). The van der Waals surface area contributed by atoms with Crippen LogP contribution in [0.3, 0.4) is 0 Å². The van der Waals surface area contributed by atoms with Crippen molar-refractivity contribution in [2.75, 3.05) is 56.9 Å². The van der Waals surface area contributed by atoms with Crippen molar-refractivity contribution in [1.82, 2.24) is 4.90 Å². The molecule has 0 radical (unpaired) electrons. The van der Waals surface area contributed by atoms with E-state index in [9.17, 15) is 13.8 Å². The molecule has 11 heteroatoms. The number of rotatable bonds is 4. The number of carbonyl (C=O) groups excluding carboxylic acids is 2. The van der Waals surface area contributed by atoms with Gasteiger partial charge in [0.1, 0.15) is 11.5 Å². The monoisotopic (exact) mass is 709 g/mol. The maximum absolute atomic E-state index is 14.4. The maximum Gasteiger partial charge on any atom is 0.285 e. The summed E-state index contributed by atoms with van der Waals surface area (Å²) in [6.45, 7) is 4.43. The zero-order chi connectivity index (χ0) is 34.3. The number of aryl methyl sites for hydroxylation is 1. The van der Waals surface area contributed by atoms with Gasteiger partial charge in [-0.05, 0) is 105 Å². The highest BCUT2D eigenvalue weighted by Gasteiger charge is 2.45. The van der Waals surface area contributed by atoms with Gasteiger partial charge in [0.25, 0.3) is 5.91 Å². The van der Waals surface area contributed by atoms with Crippen molar-refractivity contribution in [3.05, 3.63) is 70.3 Å². The van der Waals surface area contributed by atoms with Crippen molar-refractivity contribution in [2.45, 2.75) is 75.5 Å². The smallest absolute Gasteiger partial charge is 0.285 e. The molecule has 2 aromatic rings. The Kier molecular flexibility index (Phi) is 9.87. The third-order valence-electron chi connectivity index (χ3n) is 11.7. The molecule has 5 aliphatic rings. The number of methoxy groups -OCH3 is 2. The first kappa shape index (κ1) is 34.5. The average molecular weight is 710 g/mol. The lowest BCUT2D eigenvalue weighted by molar-refractivity contribution is -0.148. The fourth-order valence-corrected chi connectivity index (χ4v) is 10.7. The van der Waals surface area contributed by atoms with Gasteiger partial charge in [-0.3, -0.25) is 9.59 Å². The third kappa shape index (κ3) is 6.78. The molecule has 2 aliphatic carbocycles. The summed E-state index contributed by atoms with van der Waals surface area (Å²) in [4.78, 5) is 31.3. The minimum atomic E-state index is -3.19. The summed E-state index contributed by atoms with van der Waals surface area (Å²) in [6.07, 6.45) is 10.6. The van der Waals surface area contributed by atoms with Crippen LogP contribution < -0.4 is 9.64 Å². The van der Waals surface area contributed by atoms with Gasteiger partial charge in [-0.25, -0.2) is 4.21 Å². The van der Waals surface area contributed by atoms with Gasteiger partial charge in [-0.15, -0.1) is 0 Å². The van der Waals surface area contributed by atoms with Gasteiger partial charge in [0.05, 0.1) is 40.3 Å². The van der Waals surface area contributed by atoms with E-state index in [1.165, 1.54) is 11.1 Å². The number of fused-ring (bicyclic) bond motifs is 4. The van der Waals surface area contributed by atoms with Crippen LogP contribution in [0.2, 0.25) is 5.02 Å². The molecule has 3 aliphatic heterocycles. The van der Waals surface area contributed by atoms with E-state index in [4.69, 9.17) is 25.8 Å². The molecule has 1 spiro atoms. The van der Waals surface area contributed by atoms with Crippen molar-refractivity contribution in [2.24, 2.45) is 16.2 Å². The van der Waals surface area contributed by atoms with Crippen molar-refractivity contribution < 1.29 is 28.0 Å². The molecule has 264 valence electrons. The Morgan fingerprint density at radius 2 is 1.98 bits per heavy atom. The summed E-state index contributed by atoms with van der Waals surface area (Å²) in [5, 5.41) is 0.748. The van der Waals surface area contributed by atoms with Gasteiger partial charge in [-0.2, -0.15) is 4.36 Å². The quantitative estimate of drug-likeness (QED) is 0.356. The lowest BCUT2D eigenvalue weighted by Gasteiger charge is -2.46. The van der Waals surface area contributed by atoms with E-state index in [0.717, 1.165) is 61.7 Å². The van der Waals surface area contributed by atoms with Crippen molar-refractivity contribution in [3.8, 4) is 5.75 Å². The van der Waals surface area contributed by atoms with Crippen LogP contribution in [-0.2, 0) is 35.8 Å². The SMILES string of the molecule is CO[C@H]1/C=C/CCC[S@@](=O)(CC(=O)N2C[C@@H](OC)[C@@H]2C)=NC(=O)c2ccc3c(c2)N(C[C@@H]2CC[C@H]21)C[C@@]1(CCCc2cc(Cl)ccc21)CO3. The minimum absolute atomic E-state index is 0.0222. The van der Waals surface area contributed by atoms with Gasteiger partial charge < -0.3 is 24.0 Å². The summed E-state index contributed by atoms with van der Waals surface area (Å²) in [5.41, 5.74) is 3.52. The molecular weight excluding hydrogens is 662 g/mol. The first-order valence-corrected chi connectivity index (χ1v) is 19.9. The molecular formula is C38H48ClN3O6S. The second-order valence-corrected chi connectivity index (χ2v) is 17.5. The molecule has 2 amide bonds.